The summed E-state index contributed by atoms with van der Waals surface area (Å²) in [7, 11) is 0. The number of hydrogen-bond acceptors (Lipinski definition) is 4. The van der Waals surface area contributed by atoms with Crippen LogP contribution in [-0.2, 0) is 11.0 Å². The molecule has 2 aromatic rings. The molecule has 2 rings (SSSR count). The van der Waals surface area contributed by atoms with Crippen molar-refractivity contribution in [3.63, 3.8) is 0 Å². The summed E-state index contributed by atoms with van der Waals surface area (Å²) in [5, 5.41) is -0.203. The number of carbonyl (C=O) groups excluding carboxylic acids is 1. The Morgan fingerprint density at radius 1 is 1.13 bits per heavy atom. The minimum Gasteiger partial charge on any atom is -0.456 e. The molecule has 0 bridgehead atoms. The van der Waals surface area contributed by atoms with Crippen molar-refractivity contribution in [2.75, 3.05) is 5.75 Å². The number of hydrogen-bond donors (Lipinski definition) is 0. The Bertz CT molecular complexity index is 888. The highest BCUT2D eigenvalue weighted by atomic mass is 35.5. The summed E-state index contributed by atoms with van der Waals surface area (Å²) in [4.78, 5) is 13.3. The Morgan fingerprint density at radius 3 is 2.52 bits per heavy atom. The van der Waals surface area contributed by atoms with Crippen LogP contribution in [0.4, 0.5) is 13.2 Å². The van der Waals surface area contributed by atoms with Gasteiger partial charge in [-0.25, -0.2) is 0 Å². The number of thioether (sulfide) groups is 2. The van der Waals surface area contributed by atoms with Crippen molar-refractivity contribution in [3.05, 3.63) is 52.5 Å². The average Bonchev–Trinajstić information content (AvgIpc) is 2.70. The number of halogens is 4. The quantitative estimate of drug-likeness (QED) is 0.245. The number of ether oxygens (including phenoxy) is 1. The molecule has 0 saturated carbocycles. The summed E-state index contributed by atoms with van der Waals surface area (Å²) in [6.45, 7) is 5.97. The van der Waals surface area contributed by atoms with Gasteiger partial charge in [-0.2, -0.15) is 13.2 Å². The predicted molar refractivity (Wildman–Crippen MR) is 125 cm³/mol. The van der Waals surface area contributed by atoms with Crippen LogP contribution in [0.15, 0.2) is 41.3 Å². The number of aryl methyl sites for hydroxylation is 1. The van der Waals surface area contributed by atoms with Crippen molar-refractivity contribution in [1.29, 1.82) is 0 Å². The van der Waals surface area contributed by atoms with E-state index in [0.29, 0.717) is 5.75 Å². The number of unbranched alkanes of at least 4 members (excludes halogenated alkanes) is 3. The molecule has 8 heteroatoms. The van der Waals surface area contributed by atoms with Crippen molar-refractivity contribution in [2.24, 2.45) is 0 Å². The van der Waals surface area contributed by atoms with Crippen LogP contribution in [0.3, 0.4) is 0 Å². The zero-order chi connectivity index (χ0) is 23.0. The molecule has 2 aromatic carbocycles. The molecular formula is C23H26ClF3O2S2. The maximum Gasteiger partial charge on any atom is 0.416 e. The normalized spacial score (nSPS) is 12.6. The second kappa shape index (κ2) is 12.1. The smallest absolute Gasteiger partial charge is 0.416 e. The molecule has 0 heterocycles. The van der Waals surface area contributed by atoms with Gasteiger partial charge in [0.2, 0.25) is 5.12 Å². The number of benzene rings is 2. The Hall–Kier alpha value is -1.31. The van der Waals surface area contributed by atoms with Gasteiger partial charge in [0, 0.05) is 10.6 Å². The first-order valence-corrected chi connectivity index (χ1v) is 12.3. The van der Waals surface area contributed by atoms with E-state index >= 15 is 0 Å². The monoisotopic (exact) mass is 490 g/mol. The zero-order valence-corrected chi connectivity index (χ0v) is 20.1. The van der Waals surface area contributed by atoms with Crippen molar-refractivity contribution in [3.8, 4) is 11.5 Å². The molecule has 0 saturated heterocycles. The Balaban J connectivity index is 2.02. The van der Waals surface area contributed by atoms with E-state index in [1.165, 1.54) is 42.4 Å². The summed E-state index contributed by atoms with van der Waals surface area (Å²) in [6, 6.07) is 8.35. The largest absolute Gasteiger partial charge is 0.456 e. The molecule has 1 atom stereocenters. The van der Waals surface area contributed by atoms with Crippen LogP contribution in [-0.4, -0.2) is 16.1 Å². The van der Waals surface area contributed by atoms with Crippen LogP contribution < -0.4 is 4.74 Å². The maximum atomic E-state index is 12.8. The molecule has 0 aliphatic rings. The van der Waals surface area contributed by atoms with Crippen molar-refractivity contribution in [2.45, 2.75) is 62.8 Å². The first-order valence-electron chi connectivity index (χ1n) is 10.1. The lowest BCUT2D eigenvalue weighted by Gasteiger charge is -2.15. The highest BCUT2D eigenvalue weighted by molar-refractivity contribution is 8.16. The van der Waals surface area contributed by atoms with E-state index in [9.17, 15) is 18.0 Å². The highest BCUT2D eigenvalue weighted by Gasteiger charge is 2.31. The van der Waals surface area contributed by atoms with E-state index in [-0.39, 0.29) is 21.1 Å². The van der Waals surface area contributed by atoms with Gasteiger partial charge < -0.3 is 4.74 Å². The van der Waals surface area contributed by atoms with Gasteiger partial charge in [-0.1, -0.05) is 55.6 Å². The molecule has 170 valence electrons. The summed E-state index contributed by atoms with van der Waals surface area (Å²) < 4.78 is 44.1. The van der Waals surface area contributed by atoms with Crippen molar-refractivity contribution in [1.82, 2.24) is 0 Å². The van der Waals surface area contributed by atoms with E-state index in [1.54, 1.807) is 12.1 Å². The SMILES string of the molecule is CCCCCCSC(=O)C(C)Sc1cc(Oc2ccc(C(F)(F)F)cc2Cl)ccc1C. The van der Waals surface area contributed by atoms with E-state index in [0.717, 1.165) is 41.2 Å². The molecule has 0 fully saturated rings. The van der Waals surface area contributed by atoms with Crippen LogP contribution in [0.5, 0.6) is 11.5 Å². The molecular weight excluding hydrogens is 465 g/mol. The molecule has 0 aliphatic carbocycles. The van der Waals surface area contributed by atoms with Gasteiger partial charge in [-0.15, -0.1) is 11.8 Å². The number of carbonyl (C=O) groups is 1. The molecule has 31 heavy (non-hydrogen) atoms. The topological polar surface area (TPSA) is 26.3 Å². The molecule has 0 amide bonds. The molecule has 0 spiro atoms. The lowest BCUT2D eigenvalue weighted by molar-refractivity contribution is -0.137. The molecule has 0 aliphatic heterocycles. The lowest BCUT2D eigenvalue weighted by Crippen LogP contribution is -2.09. The third-order valence-corrected chi connectivity index (χ3v) is 7.36. The van der Waals surface area contributed by atoms with E-state index in [1.807, 2.05) is 19.9 Å². The Labute approximate surface area is 195 Å². The third kappa shape index (κ3) is 8.28. The molecule has 0 radical (unpaired) electrons. The van der Waals surface area contributed by atoms with Gasteiger partial charge in [-0.05, 0) is 56.2 Å². The van der Waals surface area contributed by atoms with Gasteiger partial charge in [0.05, 0.1) is 15.8 Å². The summed E-state index contributed by atoms with van der Waals surface area (Å²) >= 11 is 8.81. The van der Waals surface area contributed by atoms with Crippen molar-refractivity contribution < 1.29 is 22.7 Å². The number of alkyl halides is 3. The molecule has 2 nitrogen and oxygen atoms in total. The fourth-order valence-electron chi connectivity index (χ4n) is 2.72. The summed E-state index contributed by atoms with van der Waals surface area (Å²) in [5.74, 6) is 1.42. The standard InChI is InChI=1S/C23H26ClF3O2S2/c1-4-5-6-7-12-30-22(28)16(3)31-21-14-18(10-8-15(21)2)29-20-11-9-17(13-19(20)24)23(25,26)27/h8-11,13-14,16H,4-7,12H2,1-3H3. The second-order valence-electron chi connectivity index (χ2n) is 7.16. The fourth-order valence-corrected chi connectivity index (χ4v) is 4.98. The molecule has 0 aromatic heterocycles. The summed E-state index contributed by atoms with van der Waals surface area (Å²) in [5.41, 5.74) is 0.160. The average molecular weight is 491 g/mol. The second-order valence-corrected chi connectivity index (χ2v) is 10.0. The van der Waals surface area contributed by atoms with Crippen LogP contribution >= 0.6 is 35.1 Å². The van der Waals surface area contributed by atoms with Gasteiger partial charge in [0.25, 0.3) is 0 Å². The molecule has 0 N–H and O–H groups in total. The first-order chi connectivity index (χ1) is 14.6. The van der Waals surface area contributed by atoms with Crippen LogP contribution in [0.2, 0.25) is 5.02 Å². The zero-order valence-electron chi connectivity index (χ0n) is 17.7. The van der Waals surface area contributed by atoms with Crippen LogP contribution in [0, 0.1) is 6.92 Å². The Kier molecular flexibility index (Phi) is 10.1. The Morgan fingerprint density at radius 2 is 1.87 bits per heavy atom. The minimum absolute atomic E-state index is 0.118. The van der Waals surface area contributed by atoms with E-state index < -0.39 is 11.7 Å². The van der Waals surface area contributed by atoms with Gasteiger partial charge in [0.1, 0.15) is 11.5 Å². The molecule has 1 unspecified atom stereocenters. The number of rotatable bonds is 10. The summed E-state index contributed by atoms with van der Waals surface area (Å²) in [6.07, 6.45) is 0.0714. The van der Waals surface area contributed by atoms with E-state index in [2.05, 4.69) is 6.92 Å². The van der Waals surface area contributed by atoms with E-state index in [4.69, 9.17) is 16.3 Å². The van der Waals surface area contributed by atoms with Crippen LogP contribution in [0.25, 0.3) is 0 Å². The maximum absolute atomic E-state index is 12.8. The highest BCUT2D eigenvalue weighted by Crippen LogP contribution is 2.38. The third-order valence-electron chi connectivity index (χ3n) is 4.52. The van der Waals surface area contributed by atoms with Gasteiger partial charge in [-0.3, -0.25) is 4.79 Å². The predicted octanol–water partition coefficient (Wildman–Crippen LogP) is 8.78. The van der Waals surface area contributed by atoms with Crippen LogP contribution in [0.1, 0.15) is 50.7 Å². The fraction of sp³-hybridized carbons (Fsp3) is 0.435. The van der Waals surface area contributed by atoms with Gasteiger partial charge >= 0.3 is 6.18 Å². The lowest BCUT2D eigenvalue weighted by atomic mass is 10.2. The van der Waals surface area contributed by atoms with Gasteiger partial charge in [0.15, 0.2) is 0 Å². The first kappa shape index (κ1) is 25.9. The van der Waals surface area contributed by atoms with Crippen molar-refractivity contribution >= 4 is 40.2 Å². The minimum atomic E-state index is -4.47.